The average Bonchev–Trinajstić information content (AvgIpc) is 3.01. The number of aliphatic imine (C=N–C) groups is 1. The number of ketones is 1. The van der Waals surface area contributed by atoms with Crippen molar-refractivity contribution in [2.45, 2.75) is 38.6 Å². The van der Waals surface area contributed by atoms with Crippen LogP contribution in [0.15, 0.2) is 47.5 Å². The van der Waals surface area contributed by atoms with Crippen LogP contribution in [0, 0.1) is 11.3 Å². The summed E-state index contributed by atoms with van der Waals surface area (Å²) >= 11 is 0. The van der Waals surface area contributed by atoms with Gasteiger partial charge < -0.3 is 4.74 Å². The minimum absolute atomic E-state index is 0.00464. The molecule has 0 aliphatic carbocycles. The number of carbonyl (C=O) groups is 1. The Morgan fingerprint density at radius 1 is 1.15 bits per heavy atom. The first-order valence-electron chi connectivity index (χ1n) is 8.88. The van der Waals surface area contributed by atoms with Gasteiger partial charge >= 0.3 is 0 Å². The van der Waals surface area contributed by atoms with E-state index in [-0.39, 0.29) is 17.7 Å². The number of ether oxygens (including phenoxy) is 1. The summed E-state index contributed by atoms with van der Waals surface area (Å²) < 4.78 is 5.37. The fourth-order valence-corrected chi connectivity index (χ4v) is 3.58. The Kier molecular flexibility index (Phi) is 4.90. The largest absolute Gasteiger partial charge is 0.497 e. The SMILES string of the molecule is CCC1(CC)N=C(CC(=O)c2ccc(C#N)cc2)c2cc(OC)ccc21. The second-order valence-electron chi connectivity index (χ2n) is 6.50. The van der Waals surface area contributed by atoms with Crippen LogP contribution in [0.4, 0.5) is 0 Å². The predicted octanol–water partition coefficient (Wildman–Crippen LogP) is 4.66. The number of rotatable bonds is 6. The van der Waals surface area contributed by atoms with Gasteiger partial charge in [-0.15, -0.1) is 0 Å². The highest BCUT2D eigenvalue weighted by Crippen LogP contribution is 2.42. The van der Waals surface area contributed by atoms with Gasteiger partial charge in [-0.05, 0) is 42.7 Å². The van der Waals surface area contributed by atoms with Gasteiger partial charge in [-0.2, -0.15) is 5.26 Å². The molecule has 0 fully saturated rings. The number of nitrogens with zero attached hydrogens (tertiary/aromatic N) is 2. The average molecular weight is 346 g/mol. The van der Waals surface area contributed by atoms with Crippen molar-refractivity contribution in [3.63, 3.8) is 0 Å². The van der Waals surface area contributed by atoms with Crippen molar-refractivity contribution in [1.82, 2.24) is 0 Å². The summed E-state index contributed by atoms with van der Waals surface area (Å²) in [6, 6.07) is 14.8. The first-order chi connectivity index (χ1) is 12.6. The van der Waals surface area contributed by atoms with Crippen molar-refractivity contribution in [3.8, 4) is 11.8 Å². The van der Waals surface area contributed by atoms with E-state index in [2.05, 4.69) is 26.0 Å². The molecule has 4 nitrogen and oxygen atoms in total. The van der Waals surface area contributed by atoms with E-state index >= 15 is 0 Å². The fraction of sp³-hybridized carbons (Fsp3) is 0.318. The van der Waals surface area contributed by atoms with Crippen molar-refractivity contribution in [2.75, 3.05) is 7.11 Å². The molecule has 26 heavy (non-hydrogen) atoms. The molecule has 1 aliphatic heterocycles. The number of methoxy groups -OCH3 is 1. The van der Waals surface area contributed by atoms with Crippen molar-refractivity contribution in [3.05, 3.63) is 64.7 Å². The first kappa shape index (κ1) is 17.9. The van der Waals surface area contributed by atoms with E-state index < -0.39 is 0 Å². The molecule has 0 radical (unpaired) electrons. The summed E-state index contributed by atoms with van der Waals surface area (Å²) in [6.07, 6.45) is 2.02. The lowest BCUT2D eigenvalue weighted by Gasteiger charge is -2.24. The maximum absolute atomic E-state index is 12.8. The van der Waals surface area contributed by atoms with E-state index in [1.807, 2.05) is 12.1 Å². The zero-order valence-corrected chi connectivity index (χ0v) is 15.4. The monoisotopic (exact) mass is 346 g/mol. The smallest absolute Gasteiger partial charge is 0.168 e. The highest BCUT2D eigenvalue weighted by atomic mass is 16.5. The van der Waals surface area contributed by atoms with Gasteiger partial charge in [-0.1, -0.05) is 32.0 Å². The molecule has 0 atom stereocenters. The summed E-state index contributed by atoms with van der Waals surface area (Å²) in [4.78, 5) is 17.7. The molecule has 0 N–H and O–H groups in total. The lowest BCUT2D eigenvalue weighted by molar-refractivity contribution is 0.100. The van der Waals surface area contributed by atoms with Crippen LogP contribution in [-0.4, -0.2) is 18.6 Å². The van der Waals surface area contributed by atoms with Crippen LogP contribution in [-0.2, 0) is 5.54 Å². The zero-order chi connectivity index (χ0) is 18.7. The number of carbonyl (C=O) groups excluding carboxylic acids is 1. The minimum Gasteiger partial charge on any atom is -0.497 e. The van der Waals surface area contributed by atoms with Gasteiger partial charge in [0.25, 0.3) is 0 Å². The van der Waals surface area contributed by atoms with E-state index in [0.717, 1.165) is 29.9 Å². The predicted molar refractivity (Wildman–Crippen MR) is 102 cm³/mol. The third-order valence-corrected chi connectivity index (χ3v) is 5.22. The van der Waals surface area contributed by atoms with Gasteiger partial charge in [0, 0.05) is 11.1 Å². The zero-order valence-electron chi connectivity index (χ0n) is 15.4. The first-order valence-corrected chi connectivity index (χ1v) is 8.88. The van der Waals surface area contributed by atoms with Gasteiger partial charge in [-0.3, -0.25) is 9.79 Å². The molecule has 0 amide bonds. The van der Waals surface area contributed by atoms with Crippen LogP contribution in [0.3, 0.4) is 0 Å². The van der Waals surface area contributed by atoms with Crippen molar-refractivity contribution >= 4 is 11.5 Å². The van der Waals surface area contributed by atoms with Crippen LogP contribution in [0.25, 0.3) is 0 Å². The molecule has 0 unspecified atom stereocenters. The molecule has 132 valence electrons. The quantitative estimate of drug-likeness (QED) is 0.715. The van der Waals surface area contributed by atoms with Gasteiger partial charge in [0.2, 0.25) is 0 Å². The Labute approximate surface area is 154 Å². The maximum atomic E-state index is 12.8. The van der Waals surface area contributed by atoms with E-state index in [4.69, 9.17) is 15.0 Å². The molecule has 3 rings (SSSR count). The maximum Gasteiger partial charge on any atom is 0.168 e. The number of fused-ring (bicyclic) bond motifs is 1. The minimum atomic E-state index is -0.262. The normalized spacial score (nSPS) is 14.3. The van der Waals surface area contributed by atoms with Crippen LogP contribution < -0.4 is 4.74 Å². The van der Waals surface area contributed by atoms with Gasteiger partial charge in [0.05, 0.1) is 36.4 Å². The molecule has 1 heterocycles. The molecule has 2 aromatic rings. The standard InChI is InChI=1S/C22H22N2O2/c1-4-22(5-2)19-11-10-17(26-3)12-18(19)20(24-22)13-21(25)16-8-6-15(14-23)7-9-16/h6-12H,4-5,13H2,1-3H3. The summed E-state index contributed by atoms with van der Waals surface area (Å²) in [7, 11) is 1.64. The number of hydrogen-bond donors (Lipinski definition) is 0. The summed E-state index contributed by atoms with van der Waals surface area (Å²) in [5, 5.41) is 8.90. The van der Waals surface area contributed by atoms with Crippen molar-refractivity contribution in [2.24, 2.45) is 4.99 Å². The molecule has 4 heteroatoms. The lowest BCUT2D eigenvalue weighted by atomic mass is 9.84. The number of hydrogen-bond acceptors (Lipinski definition) is 4. The van der Waals surface area contributed by atoms with E-state index in [0.29, 0.717) is 11.1 Å². The Morgan fingerprint density at radius 3 is 2.42 bits per heavy atom. The second kappa shape index (κ2) is 7.13. The molecule has 1 aliphatic rings. The molecule has 0 saturated carbocycles. The highest BCUT2D eigenvalue weighted by molar-refractivity contribution is 6.17. The summed E-state index contributed by atoms with van der Waals surface area (Å²) in [6.45, 7) is 4.26. The molecule has 0 aromatic heterocycles. The second-order valence-corrected chi connectivity index (χ2v) is 6.50. The van der Waals surface area contributed by atoms with Gasteiger partial charge in [0.1, 0.15) is 5.75 Å². The fourth-order valence-electron chi connectivity index (χ4n) is 3.58. The van der Waals surface area contributed by atoms with Crippen molar-refractivity contribution in [1.29, 1.82) is 5.26 Å². The Morgan fingerprint density at radius 2 is 1.85 bits per heavy atom. The number of benzene rings is 2. The third kappa shape index (κ3) is 3.01. The third-order valence-electron chi connectivity index (χ3n) is 5.22. The Hall–Kier alpha value is -2.93. The van der Waals surface area contributed by atoms with E-state index in [1.54, 1.807) is 31.4 Å². The molecule has 2 aromatic carbocycles. The van der Waals surface area contributed by atoms with Crippen LogP contribution in [0.2, 0.25) is 0 Å². The number of nitriles is 1. The number of Topliss-reactive ketones (excluding diaryl/α,β-unsaturated/α-hetero) is 1. The molecule has 0 saturated heterocycles. The summed E-state index contributed by atoms with van der Waals surface area (Å²) in [5.41, 5.74) is 3.88. The van der Waals surface area contributed by atoms with Gasteiger partial charge in [-0.25, -0.2) is 0 Å². The molecule has 0 bridgehead atoms. The van der Waals surface area contributed by atoms with Crippen LogP contribution >= 0.6 is 0 Å². The molecular weight excluding hydrogens is 324 g/mol. The molecular formula is C22H22N2O2. The lowest BCUT2D eigenvalue weighted by Crippen LogP contribution is -2.19. The van der Waals surface area contributed by atoms with E-state index in [1.165, 1.54) is 5.56 Å². The molecule has 0 spiro atoms. The van der Waals surface area contributed by atoms with Gasteiger partial charge in [0.15, 0.2) is 5.78 Å². The van der Waals surface area contributed by atoms with Crippen LogP contribution in [0.1, 0.15) is 60.2 Å². The van der Waals surface area contributed by atoms with Crippen LogP contribution in [0.5, 0.6) is 5.75 Å². The van der Waals surface area contributed by atoms with Crippen molar-refractivity contribution < 1.29 is 9.53 Å². The van der Waals surface area contributed by atoms with E-state index in [9.17, 15) is 4.79 Å². The topological polar surface area (TPSA) is 62.5 Å². The Balaban J connectivity index is 1.96. The highest BCUT2D eigenvalue weighted by Gasteiger charge is 2.37. The Bertz CT molecular complexity index is 901. The summed E-state index contributed by atoms with van der Waals surface area (Å²) in [5.74, 6) is 0.773.